The van der Waals surface area contributed by atoms with Crippen LogP contribution < -0.4 is 0 Å². The monoisotopic (exact) mass is 391 g/mol. The first-order chi connectivity index (χ1) is 7.24. The number of hydrogen-bond donors (Lipinski definition) is 3. The Labute approximate surface area is 130 Å². The molecule has 0 amide bonds. The van der Waals surface area contributed by atoms with Crippen molar-refractivity contribution in [3.63, 3.8) is 0 Å². The topological polar surface area (TPSA) is 60.7 Å². The van der Waals surface area contributed by atoms with Gasteiger partial charge in [0.2, 0.25) is 0 Å². The van der Waals surface area contributed by atoms with Crippen molar-refractivity contribution in [3.05, 3.63) is 0 Å². The zero-order valence-electron chi connectivity index (χ0n) is 11.0. The second-order valence-electron chi connectivity index (χ2n) is 3.23. The summed E-state index contributed by atoms with van der Waals surface area (Å²) in [7, 11) is 0. The second-order valence-corrected chi connectivity index (χ2v) is 3.23. The number of aliphatic hydroxyl groups excluding tert-OH is 3. The van der Waals surface area contributed by atoms with E-state index in [4.69, 9.17) is 15.3 Å². The van der Waals surface area contributed by atoms with Crippen LogP contribution in [0, 0.1) is 36.9 Å². The molecule has 1 radical (unpaired) electrons. The number of rotatable bonds is 6. The predicted molar refractivity (Wildman–Crippen MR) is 66.0 cm³/mol. The smallest absolute Gasteiger partial charge is 0.0430 e. The minimum Gasteiger partial charge on any atom is -0.396 e. The van der Waals surface area contributed by atoms with Gasteiger partial charge in [0.05, 0.1) is 0 Å². The van der Waals surface area contributed by atoms with Crippen molar-refractivity contribution in [1.82, 2.24) is 0 Å². The summed E-state index contributed by atoms with van der Waals surface area (Å²) < 4.78 is 0. The van der Waals surface area contributed by atoms with Crippen molar-refractivity contribution in [1.29, 1.82) is 0 Å². The molecule has 0 aliphatic heterocycles. The molecule has 0 saturated carbocycles. The fourth-order valence-electron chi connectivity index (χ4n) is 0.474. The molecule has 0 aromatic heterocycles. The van der Waals surface area contributed by atoms with Crippen LogP contribution in [0.1, 0.15) is 59.3 Å². The summed E-state index contributed by atoms with van der Waals surface area (Å²) in [4.78, 5) is 0. The maximum atomic E-state index is 8.07. The number of hydrogen-bond acceptors (Lipinski definition) is 3. The summed E-state index contributed by atoms with van der Waals surface area (Å²) in [5.74, 6) is 0. The van der Waals surface area contributed by atoms with E-state index in [-0.39, 0.29) is 36.9 Å². The van der Waals surface area contributed by atoms with E-state index in [9.17, 15) is 0 Å². The Balaban J connectivity index is -0.0000000655. The molecule has 0 spiro atoms. The molecule has 0 aliphatic carbocycles. The molecule has 3 nitrogen and oxygen atoms in total. The Morgan fingerprint density at radius 1 is 0.562 bits per heavy atom. The van der Waals surface area contributed by atoms with Gasteiger partial charge in [-0.05, 0) is 19.3 Å². The molecule has 109 valence electrons. The quantitative estimate of drug-likeness (QED) is 0.652. The van der Waals surface area contributed by atoms with Crippen LogP contribution >= 0.6 is 0 Å². The van der Waals surface area contributed by atoms with E-state index in [2.05, 4.69) is 20.8 Å². The predicted octanol–water partition coefficient (Wildman–Crippen LogP) is 2.34. The Kier molecular flexibility index (Phi) is 58.1. The molecule has 0 aromatic rings. The Bertz CT molecular complexity index is 53.0. The van der Waals surface area contributed by atoms with Crippen molar-refractivity contribution in [2.24, 2.45) is 0 Å². The normalized spacial score (nSPS) is 7.88. The van der Waals surface area contributed by atoms with Crippen molar-refractivity contribution in [2.45, 2.75) is 59.3 Å². The molecular formula is C12H30O3Tm. The molecule has 0 bridgehead atoms. The molecule has 0 heterocycles. The molecule has 0 fully saturated rings. The molecule has 0 rings (SSSR count). The van der Waals surface area contributed by atoms with E-state index in [1.165, 1.54) is 0 Å². The fourth-order valence-corrected chi connectivity index (χ4v) is 0.474. The molecule has 16 heavy (non-hydrogen) atoms. The first kappa shape index (κ1) is 25.8. The number of aliphatic hydroxyl groups is 3. The minimum atomic E-state index is 0. The van der Waals surface area contributed by atoms with E-state index in [0.29, 0.717) is 19.8 Å². The summed E-state index contributed by atoms with van der Waals surface area (Å²) in [6.45, 7) is 7.19. The van der Waals surface area contributed by atoms with Gasteiger partial charge in [0.1, 0.15) is 0 Å². The molecule has 0 aliphatic rings. The minimum absolute atomic E-state index is 0. The van der Waals surface area contributed by atoms with Gasteiger partial charge < -0.3 is 15.3 Å². The first-order valence-electron chi connectivity index (χ1n) is 6.07. The fraction of sp³-hybridized carbons (Fsp3) is 1.00. The van der Waals surface area contributed by atoms with Crippen LogP contribution in [-0.4, -0.2) is 35.1 Å². The van der Waals surface area contributed by atoms with Gasteiger partial charge in [-0.2, -0.15) is 0 Å². The van der Waals surface area contributed by atoms with E-state index in [1.54, 1.807) is 0 Å². The third-order valence-corrected chi connectivity index (χ3v) is 1.54. The third-order valence-electron chi connectivity index (χ3n) is 1.54. The van der Waals surface area contributed by atoms with E-state index < -0.39 is 0 Å². The summed E-state index contributed by atoms with van der Waals surface area (Å²) >= 11 is 0. The van der Waals surface area contributed by atoms with Gasteiger partial charge in [0, 0.05) is 56.7 Å². The van der Waals surface area contributed by atoms with Crippen molar-refractivity contribution in [3.8, 4) is 0 Å². The zero-order valence-corrected chi connectivity index (χ0v) is 12.8. The van der Waals surface area contributed by atoms with E-state index >= 15 is 0 Å². The molecule has 0 saturated heterocycles. The maximum Gasteiger partial charge on any atom is 0.0430 e. The zero-order chi connectivity index (χ0) is 12.4. The standard InChI is InChI=1S/3C4H10O.Tm/c3*1-2-3-4-5;/h3*5H,2-4H2,1H3;. The van der Waals surface area contributed by atoms with Crippen molar-refractivity contribution < 1.29 is 52.2 Å². The van der Waals surface area contributed by atoms with Gasteiger partial charge in [-0.25, -0.2) is 0 Å². The van der Waals surface area contributed by atoms with Crippen molar-refractivity contribution in [2.75, 3.05) is 19.8 Å². The summed E-state index contributed by atoms with van der Waals surface area (Å²) in [5, 5.41) is 24.2. The summed E-state index contributed by atoms with van der Waals surface area (Å²) in [5.41, 5.74) is 0. The van der Waals surface area contributed by atoms with Gasteiger partial charge >= 0.3 is 0 Å². The van der Waals surface area contributed by atoms with Crippen LogP contribution in [0.2, 0.25) is 0 Å². The molecule has 4 heteroatoms. The van der Waals surface area contributed by atoms with Crippen LogP contribution in [0.4, 0.5) is 0 Å². The Morgan fingerprint density at radius 2 is 0.750 bits per heavy atom. The summed E-state index contributed by atoms with van der Waals surface area (Å²) in [6, 6.07) is 0. The first-order valence-corrected chi connectivity index (χ1v) is 6.07. The van der Waals surface area contributed by atoms with Gasteiger partial charge in [0.15, 0.2) is 0 Å². The van der Waals surface area contributed by atoms with E-state index in [1.807, 2.05) is 0 Å². The molecule has 0 unspecified atom stereocenters. The molecule has 3 N–H and O–H groups in total. The third kappa shape index (κ3) is 59.5. The number of unbranched alkanes of at least 4 members (excludes halogenated alkanes) is 3. The summed E-state index contributed by atoms with van der Waals surface area (Å²) in [6.07, 6.45) is 6.11. The Morgan fingerprint density at radius 3 is 0.750 bits per heavy atom. The van der Waals surface area contributed by atoms with Crippen LogP contribution in [0.15, 0.2) is 0 Å². The Hall–Kier alpha value is 1.11. The van der Waals surface area contributed by atoms with Crippen LogP contribution in [0.25, 0.3) is 0 Å². The second kappa shape index (κ2) is 36.0. The van der Waals surface area contributed by atoms with Crippen LogP contribution in [0.3, 0.4) is 0 Å². The van der Waals surface area contributed by atoms with Gasteiger partial charge in [0.25, 0.3) is 0 Å². The van der Waals surface area contributed by atoms with E-state index in [0.717, 1.165) is 38.5 Å². The SMILES string of the molecule is CCCCO.CCCCO.CCCCO.[Tm]. The van der Waals surface area contributed by atoms with Crippen molar-refractivity contribution >= 4 is 0 Å². The van der Waals surface area contributed by atoms with Gasteiger partial charge in [-0.1, -0.05) is 40.0 Å². The largest absolute Gasteiger partial charge is 0.396 e. The molecule has 0 aromatic carbocycles. The maximum absolute atomic E-state index is 8.07. The molecular weight excluding hydrogens is 361 g/mol. The van der Waals surface area contributed by atoms with Crippen LogP contribution in [0.5, 0.6) is 0 Å². The average molecular weight is 391 g/mol. The average Bonchev–Trinajstić information content (AvgIpc) is 2.23. The van der Waals surface area contributed by atoms with Crippen LogP contribution in [-0.2, 0) is 0 Å². The van der Waals surface area contributed by atoms with Gasteiger partial charge in [-0.15, -0.1) is 0 Å². The van der Waals surface area contributed by atoms with Gasteiger partial charge in [-0.3, -0.25) is 0 Å². The molecule has 0 atom stereocenters.